The number of rotatable bonds is 8. The minimum atomic E-state index is 0.0841. The molecule has 1 N–H and O–H groups in total. The van der Waals surface area contributed by atoms with E-state index in [-0.39, 0.29) is 12.2 Å². The third kappa shape index (κ3) is 5.01. The Labute approximate surface area is 168 Å². The zero-order chi connectivity index (χ0) is 19.3. The lowest BCUT2D eigenvalue weighted by molar-refractivity contribution is 0.185. The molecule has 0 atom stereocenters. The Balaban J connectivity index is 2.41. The van der Waals surface area contributed by atoms with E-state index in [1.54, 1.807) is 13.1 Å². The minimum Gasteiger partial charge on any atom is -0.491 e. The average molecular weight is 443 g/mol. The van der Waals surface area contributed by atoms with Crippen LogP contribution in [0.4, 0.5) is 5.82 Å². The van der Waals surface area contributed by atoms with Gasteiger partial charge in [0.05, 0.1) is 11.1 Å². The molecule has 1 aromatic heterocycles. The molecule has 142 valence electrons. The lowest BCUT2D eigenvalue weighted by Gasteiger charge is -2.18. The molecule has 0 bridgehead atoms. The first-order chi connectivity index (χ1) is 12.4. The first-order valence-electron chi connectivity index (χ1n) is 8.78. The molecule has 0 fully saturated rings. The highest BCUT2D eigenvalue weighted by atomic mass is 79.9. The highest BCUT2D eigenvalue weighted by Gasteiger charge is 2.18. The molecule has 0 aliphatic heterocycles. The molecule has 0 spiro atoms. The fourth-order valence-electron chi connectivity index (χ4n) is 2.46. The second kappa shape index (κ2) is 9.42. The van der Waals surface area contributed by atoms with Gasteiger partial charge in [-0.25, -0.2) is 9.97 Å². The number of halogens is 2. The van der Waals surface area contributed by atoms with E-state index in [1.165, 1.54) is 0 Å². The quantitative estimate of drug-likeness (QED) is 0.547. The summed E-state index contributed by atoms with van der Waals surface area (Å²) in [4.78, 5) is 9.21. The number of ether oxygens (including phenoxy) is 2. The van der Waals surface area contributed by atoms with Crippen LogP contribution in [-0.4, -0.2) is 29.2 Å². The van der Waals surface area contributed by atoms with E-state index in [1.807, 2.05) is 26.0 Å². The molecular weight excluding hydrogens is 418 g/mol. The zero-order valence-corrected chi connectivity index (χ0v) is 18.1. The number of hydrogen-bond donors (Lipinski definition) is 1. The molecule has 26 heavy (non-hydrogen) atoms. The van der Waals surface area contributed by atoms with Gasteiger partial charge < -0.3 is 14.8 Å². The van der Waals surface area contributed by atoms with E-state index < -0.39 is 0 Å². The molecule has 0 saturated carbocycles. The van der Waals surface area contributed by atoms with Gasteiger partial charge in [-0.05, 0) is 60.8 Å². The van der Waals surface area contributed by atoms with E-state index >= 15 is 0 Å². The maximum Gasteiger partial charge on any atom is 0.258 e. The first kappa shape index (κ1) is 20.8. The third-order valence-electron chi connectivity index (χ3n) is 3.81. The Morgan fingerprint density at radius 1 is 1.15 bits per heavy atom. The second-order valence-corrected chi connectivity index (χ2v) is 7.29. The normalized spacial score (nSPS) is 11.1. The number of hydrogen-bond acceptors (Lipinski definition) is 5. The van der Waals surface area contributed by atoms with Crippen molar-refractivity contribution in [2.24, 2.45) is 0 Å². The van der Waals surface area contributed by atoms with Crippen molar-refractivity contribution < 1.29 is 9.47 Å². The lowest BCUT2D eigenvalue weighted by Crippen LogP contribution is -2.16. The van der Waals surface area contributed by atoms with Gasteiger partial charge in [0.25, 0.3) is 5.88 Å². The summed E-state index contributed by atoms with van der Waals surface area (Å²) in [6, 6.07) is 5.55. The van der Waals surface area contributed by atoms with Crippen molar-refractivity contribution in [2.45, 2.75) is 52.7 Å². The van der Waals surface area contributed by atoms with Crippen LogP contribution in [0, 0.1) is 0 Å². The van der Waals surface area contributed by atoms with Crippen LogP contribution < -0.4 is 14.8 Å². The van der Waals surface area contributed by atoms with Crippen LogP contribution in [0.3, 0.4) is 0 Å². The molecule has 2 rings (SSSR count). The van der Waals surface area contributed by atoms with Gasteiger partial charge in [0, 0.05) is 12.6 Å². The van der Waals surface area contributed by atoms with Gasteiger partial charge >= 0.3 is 0 Å². The molecule has 0 amide bonds. The second-order valence-electron chi connectivity index (χ2n) is 6.13. The van der Waals surface area contributed by atoms with Crippen LogP contribution in [0.25, 0.3) is 11.3 Å². The smallest absolute Gasteiger partial charge is 0.258 e. The van der Waals surface area contributed by atoms with E-state index in [9.17, 15) is 0 Å². The van der Waals surface area contributed by atoms with Crippen molar-refractivity contribution in [3.63, 3.8) is 0 Å². The topological polar surface area (TPSA) is 56.3 Å². The summed E-state index contributed by atoms with van der Waals surface area (Å²) in [7, 11) is 1.79. The van der Waals surface area contributed by atoms with Crippen LogP contribution in [0.2, 0.25) is 5.02 Å². The molecule has 1 heterocycles. The summed E-state index contributed by atoms with van der Waals surface area (Å²) in [5.41, 5.74) is 1.42. The van der Waals surface area contributed by atoms with Crippen molar-refractivity contribution in [3.8, 4) is 22.9 Å². The van der Waals surface area contributed by atoms with E-state index in [0.29, 0.717) is 27.0 Å². The number of benzene rings is 1. The molecule has 0 unspecified atom stereocenters. The van der Waals surface area contributed by atoms with Crippen molar-refractivity contribution in [2.75, 3.05) is 12.4 Å². The molecule has 5 nitrogen and oxygen atoms in total. The van der Waals surface area contributed by atoms with Crippen molar-refractivity contribution in [1.29, 1.82) is 0 Å². The summed E-state index contributed by atoms with van der Waals surface area (Å²) in [6.07, 6.45) is 2.00. The standard InChI is InChI=1S/C19H25BrClN3O2/c1-6-12(7-2)26-19-18(22-5)23-16(17(20)24-19)14-9-8-13(10-15(14)21)25-11(3)4/h8-12H,6-7H2,1-5H3,(H,22,23). The fourth-order valence-corrected chi connectivity index (χ4v) is 3.19. The van der Waals surface area contributed by atoms with Crippen LogP contribution in [-0.2, 0) is 0 Å². The molecule has 1 aromatic carbocycles. The number of nitrogens with zero attached hydrogens (tertiary/aromatic N) is 2. The van der Waals surface area contributed by atoms with Crippen LogP contribution in [0.5, 0.6) is 11.6 Å². The lowest BCUT2D eigenvalue weighted by atomic mass is 10.1. The van der Waals surface area contributed by atoms with Crippen LogP contribution in [0.15, 0.2) is 22.8 Å². The Hall–Kier alpha value is -1.53. The summed E-state index contributed by atoms with van der Waals surface area (Å²) < 4.78 is 12.2. The van der Waals surface area contributed by atoms with Gasteiger partial charge in [-0.1, -0.05) is 25.4 Å². The average Bonchev–Trinajstić information content (AvgIpc) is 2.60. The summed E-state index contributed by atoms with van der Waals surface area (Å²) in [6.45, 7) is 8.12. The van der Waals surface area contributed by atoms with Gasteiger partial charge in [0.1, 0.15) is 22.2 Å². The Kier molecular flexibility index (Phi) is 7.53. The number of nitrogens with one attached hydrogen (secondary N) is 1. The van der Waals surface area contributed by atoms with Crippen molar-refractivity contribution in [1.82, 2.24) is 9.97 Å². The van der Waals surface area contributed by atoms with E-state index in [0.717, 1.165) is 24.2 Å². The van der Waals surface area contributed by atoms with Gasteiger partial charge in [-0.3, -0.25) is 0 Å². The van der Waals surface area contributed by atoms with Gasteiger partial charge in [0.2, 0.25) is 0 Å². The molecule has 0 radical (unpaired) electrons. The largest absolute Gasteiger partial charge is 0.491 e. The van der Waals surface area contributed by atoms with Gasteiger partial charge in [0.15, 0.2) is 5.82 Å². The van der Waals surface area contributed by atoms with Crippen LogP contribution >= 0.6 is 27.5 Å². The van der Waals surface area contributed by atoms with Crippen LogP contribution in [0.1, 0.15) is 40.5 Å². The first-order valence-corrected chi connectivity index (χ1v) is 9.95. The third-order valence-corrected chi connectivity index (χ3v) is 4.68. The van der Waals surface area contributed by atoms with Gasteiger partial charge in [-0.2, -0.15) is 0 Å². The van der Waals surface area contributed by atoms with E-state index in [4.69, 9.17) is 21.1 Å². The van der Waals surface area contributed by atoms with Crippen molar-refractivity contribution in [3.05, 3.63) is 27.8 Å². The molecule has 0 aliphatic rings. The van der Waals surface area contributed by atoms with Crippen molar-refractivity contribution >= 4 is 33.3 Å². The maximum absolute atomic E-state index is 6.46. The molecule has 0 aliphatic carbocycles. The Morgan fingerprint density at radius 3 is 2.38 bits per heavy atom. The minimum absolute atomic E-state index is 0.0841. The molecule has 7 heteroatoms. The highest BCUT2D eigenvalue weighted by molar-refractivity contribution is 9.10. The number of aromatic nitrogens is 2. The summed E-state index contributed by atoms with van der Waals surface area (Å²) in [5, 5.41) is 3.61. The monoisotopic (exact) mass is 441 g/mol. The van der Waals surface area contributed by atoms with Gasteiger partial charge in [-0.15, -0.1) is 0 Å². The molecular formula is C19H25BrClN3O2. The molecule has 0 saturated heterocycles. The van der Waals surface area contributed by atoms with E-state index in [2.05, 4.69) is 45.1 Å². The maximum atomic E-state index is 6.46. The zero-order valence-electron chi connectivity index (χ0n) is 15.8. The number of anilines is 1. The summed E-state index contributed by atoms with van der Waals surface area (Å²) >= 11 is 9.97. The Bertz CT molecular complexity index is 752. The molecule has 2 aromatic rings. The predicted molar refractivity (Wildman–Crippen MR) is 110 cm³/mol. The highest BCUT2D eigenvalue weighted by Crippen LogP contribution is 2.37. The Morgan fingerprint density at radius 2 is 1.85 bits per heavy atom. The predicted octanol–water partition coefficient (Wildman–Crippen LogP) is 5.96. The summed E-state index contributed by atoms with van der Waals surface area (Å²) in [5.74, 6) is 1.78. The fraction of sp³-hybridized carbons (Fsp3) is 0.474. The SMILES string of the molecule is CCC(CC)Oc1nc(Br)c(-c2ccc(OC(C)C)cc2Cl)nc1NC.